The number of carbonyl (C=O) groups excluding carboxylic acids is 1. The highest BCUT2D eigenvalue weighted by Gasteiger charge is 2.35. The summed E-state index contributed by atoms with van der Waals surface area (Å²) in [5.41, 5.74) is 1.86. The molecule has 9 heteroatoms. The highest BCUT2D eigenvalue weighted by Crippen LogP contribution is 2.25. The van der Waals surface area contributed by atoms with Gasteiger partial charge in [0.15, 0.2) is 5.82 Å². The lowest BCUT2D eigenvalue weighted by Crippen LogP contribution is -2.59. The number of carbonyl (C=O) groups is 2. The van der Waals surface area contributed by atoms with E-state index in [0.29, 0.717) is 37.3 Å². The zero-order chi connectivity index (χ0) is 22.5. The van der Waals surface area contributed by atoms with E-state index >= 15 is 4.39 Å². The molecule has 0 saturated carbocycles. The van der Waals surface area contributed by atoms with Crippen LogP contribution < -0.4 is 10.6 Å². The van der Waals surface area contributed by atoms with Crippen molar-refractivity contribution in [3.05, 3.63) is 53.6 Å². The molecule has 2 atom stereocenters. The summed E-state index contributed by atoms with van der Waals surface area (Å²) in [4.78, 5) is 31.4. The number of anilines is 2. The van der Waals surface area contributed by atoms with Crippen LogP contribution in [0.2, 0.25) is 0 Å². The van der Waals surface area contributed by atoms with Crippen LogP contribution in [0.3, 0.4) is 0 Å². The van der Waals surface area contributed by atoms with E-state index < -0.39 is 17.9 Å². The molecule has 1 aliphatic rings. The Morgan fingerprint density at radius 1 is 1.23 bits per heavy atom. The van der Waals surface area contributed by atoms with E-state index in [1.165, 1.54) is 17.2 Å². The smallest absolute Gasteiger partial charge is 0.407 e. The van der Waals surface area contributed by atoms with Crippen molar-refractivity contribution in [1.29, 1.82) is 0 Å². The zero-order valence-electron chi connectivity index (χ0n) is 17.9. The monoisotopic (exact) mass is 429 g/mol. The molecule has 0 bridgehead atoms. The van der Waals surface area contributed by atoms with Crippen molar-refractivity contribution in [2.45, 2.75) is 45.8 Å². The van der Waals surface area contributed by atoms with E-state index in [-0.39, 0.29) is 17.8 Å². The molecule has 8 nitrogen and oxygen atoms in total. The summed E-state index contributed by atoms with van der Waals surface area (Å²) >= 11 is 0. The number of hydrogen-bond donors (Lipinski definition) is 3. The predicted octanol–water partition coefficient (Wildman–Crippen LogP) is 4.14. The molecule has 1 unspecified atom stereocenters. The van der Waals surface area contributed by atoms with Crippen molar-refractivity contribution in [2.75, 3.05) is 23.7 Å². The number of urea groups is 1. The van der Waals surface area contributed by atoms with Crippen LogP contribution in [0.1, 0.15) is 31.5 Å². The number of nitrogens with one attached hydrogen (secondary N) is 2. The third kappa shape index (κ3) is 5.29. The van der Waals surface area contributed by atoms with Gasteiger partial charge in [0.1, 0.15) is 0 Å². The number of hydrogen-bond acceptors (Lipinski definition) is 4. The maximum atomic E-state index is 15.1. The summed E-state index contributed by atoms with van der Waals surface area (Å²) in [7, 11) is 0. The van der Waals surface area contributed by atoms with Gasteiger partial charge < -0.3 is 20.6 Å². The summed E-state index contributed by atoms with van der Waals surface area (Å²) in [5.74, 6) is -0.499. The van der Waals surface area contributed by atoms with E-state index in [1.807, 2.05) is 20.8 Å². The Morgan fingerprint density at radius 3 is 2.65 bits per heavy atom. The van der Waals surface area contributed by atoms with Crippen LogP contribution >= 0.6 is 0 Å². The summed E-state index contributed by atoms with van der Waals surface area (Å²) in [6.07, 6.45) is 1.29. The Morgan fingerprint density at radius 2 is 2.00 bits per heavy atom. The first-order chi connectivity index (χ1) is 14.8. The first-order valence-corrected chi connectivity index (χ1v) is 10.3. The van der Waals surface area contributed by atoms with Gasteiger partial charge in [-0.3, -0.25) is 9.88 Å². The third-order valence-corrected chi connectivity index (χ3v) is 5.69. The summed E-state index contributed by atoms with van der Waals surface area (Å²) in [6, 6.07) is 7.61. The van der Waals surface area contributed by atoms with Crippen molar-refractivity contribution in [3.8, 4) is 0 Å². The highest BCUT2D eigenvalue weighted by molar-refractivity contribution is 5.99. The van der Waals surface area contributed by atoms with E-state index in [9.17, 15) is 14.7 Å². The molecular weight excluding hydrogens is 401 g/mol. The van der Waals surface area contributed by atoms with Crippen molar-refractivity contribution >= 4 is 23.5 Å². The molecule has 1 aromatic carbocycles. The standard InChI is InChI=1S/C22H28FN5O3/c1-4-19-15(3)27(10-11-28(19)22(30)31)13-16-6-5-7-18(20(16)23)26-21(29)25-17-9-8-14(2)24-12-17/h5-9,12,15,19H,4,10-11,13H2,1-3H3,(H,30,31)(H2,25,26,29)/t15-,19?/m0/s1. The molecule has 1 fully saturated rings. The van der Waals surface area contributed by atoms with E-state index in [4.69, 9.17) is 0 Å². The molecule has 0 spiro atoms. The number of piperazine rings is 1. The minimum atomic E-state index is -0.925. The van der Waals surface area contributed by atoms with Crippen molar-refractivity contribution in [1.82, 2.24) is 14.8 Å². The van der Waals surface area contributed by atoms with Crippen LogP contribution in [0.25, 0.3) is 0 Å². The lowest BCUT2D eigenvalue weighted by Gasteiger charge is -2.45. The van der Waals surface area contributed by atoms with Crippen molar-refractivity contribution in [2.24, 2.45) is 0 Å². The van der Waals surface area contributed by atoms with Gasteiger partial charge in [-0.25, -0.2) is 14.0 Å². The first-order valence-electron chi connectivity index (χ1n) is 10.3. The molecule has 1 aliphatic heterocycles. The molecule has 31 heavy (non-hydrogen) atoms. The largest absolute Gasteiger partial charge is 0.465 e. The quantitative estimate of drug-likeness (QED) is 0.664. The molecule has 1 aromatic heterocycles. The molecule has 3 amide bonds. The number of carboxylic acid groups (broad SMARTS) is 1. The lowest BCUT2D eigenvalue weighted by atomic mass is 9.99. The molecular formula is C22H28FN5O3. The number of pyridine rings is 1. The highest BCUT2D eigenvalue weighted by atomic mass is 19.1. The van der Waals surface area contributed by atoms with Gasteiger partial charge in [-0.05, 0) is 38.5 Å². The Kier molecular flexibility index (Phi) is 7.06. The number of rotatable bonds is 5. The fourth-order valence-electron chi connectivity index (χ4n) is 3.98. The molecule has 2 heterocycles. The number of aryl methyl sites for hydroxylation is 1. The molecule has 166 valence electrons. The van der Waals surface area contributed by atoms with E-state index in [1.54, 1.807) is 24.3 Å². The second-order valence-corrected chi connectivity index (χ2v) is 7.71. The third-order valence-electron chi connectivity index (χ3n) is 5.69. The molecule has 0 aliphatic carbocycles. The summed E-state index contributed by atoms with van der Waals surface area (Å²) in [5, 5.41) is 14.6. The number of halogens is 1. The first kappa shape index (κ1) is 22.5. The second kappa shape index (κ2) is 9.74. The Hall–Kier alpha value is -3.20. The minimum Gasteiger partial charge on any atom is -0.465 e. The fourth-order valence-corrected chi connectivity index (χ4v) is 3.98. The minimum absolute atomic E-state index is 0.0526. The molecule has 3 N–H and O–H groups in total. The van der Waals surface area contributed by atoms with Crippen LogP contribution in [-0.4, -0.2) is 57.2 Å². The number of aromatic nitrogens is 1. The van der Waals surface area contributed by atoms with Crippen molar-refractivity contribution in [3.63, 3.8) is 0 Å². The zero-order valence-corrected chi connectivity index (χ0v) is 17.9. The van der Waals surface area contributed by atoms with Gasteiger partial charge in [-0.2, -0.15) is 0 Å². The summed E-state index contributed by atoms with van der Waals surface area (Å²) < 4.78 is 15.1. The van der Waals surface area contributed by atoms with Crippen LogP contribution in [0, 0.1) is 12.7 Å². The van der Waals surface area contributed by atoms with E-state index in [2.05, 4.69) is 20.5 Å². The molecule has 2 aromatic rings. The van der Waals surface area contributed by atoms with E-state index in [0.717, 1.165) is 5.69 Å². The Bertz CT molecular complexity index is 937. The summed E-state index contributed by atoms with van der Waals surface area (Å²) in [6.45, 7) is 6.98. The maximum Gasteiger partial charge on any atom is 0.407 e. The van der Waals surface area contributed by atoms with Crippen molar-refractivity contribution < 1.29 is 19.1 Å². The number of benzene rings is 1. The van der Waals surface area contributed by atoms with Crippen LogP contribution in [-0.2, 0) is 6.54 Å². The predicted molar refractivity (Wildman–Crippen MR) is 117 cm³/mol. The Balaban J connectivity index is 1.68. The fraction of sp³-hybridized carbons (Fsp3) is 0.409. The topological polar surface area (TPSA) is 97.8 Å². The lowest BCUT2D eigenvalue weighted by molar-refractivity contribution is 0.0247. The molecule has 0 radical (unpaired) electrons. The normalized spacial score (nSPS) is 19.2. The SMILES string of the molecule is CCC1[C@H](C)N(Cc2cccc(NC(=O)Nc3ccc(C)nc3)c2F)CCN1C(=O)O. The van der Waals surface area contributed by atoms with Crippen LogP contribution in [0.4, 0.5) is 25.4 Å². The maximum absolute atomic E-state index is 15.1. The number of amides is 3. The molecule has 3 rings (SSSR count). The van der Waals surface area contributed by atoms with Gasteiger partial charge in [0.2, 0.25) is 0 Å². The number of nitrogens with zero attached hydrogens (tertiary/aromatic N) is 3. The van der Waals surface area contributed by atoms with Gasteiger partial charge in [-0.1, -0.05) is 19.1 Å². The van der Waals surface area contributed by atoms with Gasteiger partial charge >= 0.3 is 12.1 Å². The van der Waals surface area contributed by atoms with Gasteiger partial charge in [0.05, 0.1) is 23.6 Å². The average molecular weight is 429 g/mol. The van der Waals surface area contributed by atoms with Crippen LogP contribution in [0.5, 0.6) is 0 Å². The molecule has 1 saturated heterocycles. The second-order valence-electron chi connectivity index (χ2n) is 7.71. The Labute approximate surface area is 181 Å². The average Bonchev–Trinajstić information content (AvgIpc) is 2.73. The van der Waals surface area contributed by atoms with Gasteiger partial charge in [-0.15, -0.1) is 0 Å². The van der Waals surface area contributed by atoms with Gasteiger partial charge in [0.25, 0.3) is 0 Å². The van der Waals surface area contributed by atoms with Gasteiger partial charge in [0, 0.05) is 36.9 Å². The van der Waals surface area contributed by atoms with Crippen LogP contribution in [0.15, 0.2) is 36.5 Å².